The van der Waals surface area contributed by atoms with Gasteiger partial charge in [-0.15, -0.1) is 0 Å². The molecule has 1 aliphatic heterocycles. The average Bonchev–Trinajstić information content (AvgIpc) is 2.97. The van der Waals surface area contributed by atoms with Crippen LogP contribution in [0.3, 0.4) is 0 Å². The van der Waals surface area contributed by atoms with E-state index in [1.165, 1.54) is 33.4 Å². The van der Waals surface area contributed by atoms with Crippen LogP contribution < -0.4 is 16.3 Å². The van der Waals surface area contributed by atoms with E-state index in [-0.39, 0.29) is 41.7 Å². The summed E-state index contributed by atoms with van der Waals surface area (Å²) in [7, 11) is -0.491. The van der Waals surface area contributed by atoms with Crippen molar-refractivity contribution in [1.82, 2.24) is 18.8 Å². The van der Waals surface area contributed by atoms with Crippen molar-refractivity contribution in [3.63, 3.8) is 0 Å². The number of piperazine rings is 1. The molecule has 1 saturated heterocycles. The number of carbonyl (C=O) groups excluding carboxylic acids is 2. The van der Waals surface area contributed by atoms with Crippen molar-refractivity contribution >= 4 is 38.6 Å². The van der Waals surface area contributed by atoms with Gasteiger partial charge in [-0.3, -0.25) is 18.7 Å². The van der Waals surface area contributed by atoms with Gasteiger partial charge in [0, 0.05) is 38.4 Å². The molecule has 1 aromatic heterocycles. The molecule has 0 bridgehead atoms. The molecule has 0 radical (unpaired) electrons. The van der Waals surface area contributed by atoms with Crippen molar-refractivity contribution in [2.24, 2.45) is 14.1 Å². The van der Waals surface area contributed by atoms with E-state index in [0.717, 1.165) is 9.82 Å². The summed E-state index contributed by atoms with van der Waals surface area (Å²) in [6.45, 7) is 0.228. The minimum atomic E-state index is -3.82. The largest absolute Gasteiger partial charge is 0.354 e. The molecule has 162 valence electrons. The fourth-order valence-corrected chi connectivity index (χ4v) is 4.93. The van der Waals surface area contributed by atoms with Gasteiger partial charge >= 0.3 is 5.69 Å². The number of fused-ring (bicyclic) bond motifs is 1. The third-order valence-corrected chi connectivity index (χ3v) is 7.15. The van der Waals surface area contributed by atoms with Crippen LogP contribution in [0.5, 0.6) is 0 Å². The fourth-order valence-electron chi connectivity index (χ4n) is 3.54. The lowest BCUT2D eigenvalue weighted by atomic mass is 10.2. The monoisotopic (exact) mass is 443 g/mol. The number of carbonyl (C=O) groups is 2. The van der Waals surface area contributed by atoms with Crippen molar-refractivity contribution < 1.29 is 18.0 Å². The van der Waals surface area contributed by atoms with Crippen molar-refractivity contribution in [1.29, 1.82) is 0 Å². The fraction of sp³-hybridized carbons (Fsp3) is 0.250. The second kappa shape index (κ2) is 7.67. The van der Waals surface area contributed by atoms with E-state index in [1.807, 2.05) is 0 Å². The topological polar surface area (TPSA) is 123 Å². The highest BCUT2D eigenvalue weighted by atomic mass is 32.2. The molecule has 2 N–H and O–H groups in total. The Morgan fingerprint density at radius 3 is 2.35 bits per heavy atom. The summed E-state index contributed by atoms with van der Waals surface area (Å²) in [5.41, 5.74) is 2.04. The number of nitrogens with one attached hydrogen (secondary N) is 2. The van der Waals surface area contributed by atoms with Crippen molar-refractivity contribution in [3.05, 3.63) is 58.5 Å². The number of aryl methyl sites for hydroxylation is 2. The molecule has 2 heterocycles. The zero-order chi connectivity index (χ0) is 22.3. The zero-order valence-electron chi connectivity index (χ0n) is 17.0. The van der Waals surface area contributed by atoms with Crippen molar-refractivity contribution in [2.45, 2.75) is 4.90 Å². The molecule has 2 aromatic carbocycles. The summed E-state index contributed by atoms with van der Waals surface area (Å²) in [6, 6.07) is 10.7. The third-order valence-electron chi connectivity index (χ3n) is 5.29. The predicted octanol–water partition coefficient (Wildman–Crippen LogP) is 0.250. The Morgan fingerprint density at radius 1 is 1.00 bits per heavy atom. The van der Waals surface area contributed by atoms with Gasteiger partial charge in [0.1, 0.15) is 0 Å². The van der Waals surface area contributed by atoms with E-state index in [1.54, 1.807) is 32.3 Å². The van der Waals surface area contributed by atoms with Gasteiger partial charge in [0.15, 0.2) is 0 Å². The maximum atomic E-state index is 12.7. The van der Waals surface area contributed by atoms with Gasteiger partial charge in [0.2, 0.25) is 15.9 Å². The predicted molar refractivity (Wildman–Crippen MR) is 114 cm³/mol. The Kier molecular flexibility index (Phi) is 5.15. The molecule has 11 heteroatoms. The number of aromatic nitrogens is 2. The number of sulfonamides is 1. The highest BCUT2D eigenvalue weighted by Crippen LogP contribution is 2.20. The summed E-state index contributed by atoms with van der Waals surface area (Å²) in [5, 5.41) is 5.34. The zero-order valence-corrected chi connectivity index (χ0v) is 17.8. The molecule has 31 heavy (non-hydrogen) atoms. The molecule has 0 atom stereocenters. The first-order chi connectivity index (χ1) is 14.7. The number of nitrogens with zero attached hydrogens (tertiary/aromatic N) is 3. The van der Waals surface area contributed by atoms with E-state index in [0.29, 0.717) is 11.2 Å². The van der Waals surface area contributed by atoms with Gasteiger partial charge < -0.3 is 10.6 Å². The van der Waals surface area contributed by atoms with Crippen LogP contribution in [0.2, 0.25) is 0 Å². The lowest BCUT2D eigenvalue weighted by Gasteiger charge is -2.25. The Bertz CT molecular complexity index is 1360. The number of benzene rings is 2. The van der Waals surface area contributed by atoms with Crippen LogP contribution >= 0.6 is 0 Å². The van der Waals surface area contributed by atoms with Crippen LogP contribution in [-0.4, -0.2) is 53.3 Å². The molecule has 0 aliphatic carbocycles. The summed E-state index contributed by atoms with van der Waals surface area (Å²) >= 11 is 0. The molecule has 0 saturated carbocycles. The first-order valence-electron chi connectivity index (χ1n) is 9.52. The molecular formula is C20H21N5O5S. The molecule has 0 unspecified atom stereocenters. The smallest absolute Gasteiger partial charge is 0.328 e. The number of imidazole rings is 1. The number of hydrogen-bond acceptors (Lipinski definition) is 5. The molecule has 10 nitrogen and oxygen atoms in total. The second-order valence-electron chi connectivity index (χ2n) is 7.27. The van der Waals surface area contributed by atoms with Gasteiger partial charge in [0.25, 0.3) is 5.91 Å². The Balaban J connectivity index is 1.53. The molecule has 2 amide bonds. The van der Waals surface area contributed by atoms with E-state index in [9.17, 15) is 22.8 Å². The summed E-state index contributed by atoms with van der Waals surface area (Å²) in [5.74, 6) is -0.764. The molecule has 1 aliphatic rings. The van der Waals surface area contributed by atoms with Crippen molar-refractivity contribution in [3.8, 4) is 0 Å². The molecule has 1 fully saturated rings. The lowest BCUT2D eigenvalue weighted by molar-refractivity contribution is -0.122. The van der Waals surface area contributed by atoms with Gasteiger partial charge in [0.05, 0.1) is 22.5 Å². The van der Waals surface area contributed by atoms with Gasteiger partial charge in [-0.05, 0) is 42.5 Å². The highest BCUT2D eigenvalue weighted by Gasteiger charge is 2.29. The molecule has 3 aromatic rings. The Morgan fingerprint density at radius 2 is 1.68 bits per heavy atom. The Hall–Kier alpha value is -3.44. The maximum Gasteiger partial charge on any atom is 0.328 e. The van der Waals surface area contributed by atoms with Crippen LogP contribution in [0, 0.1) is 0 Å². The number of amides is 2. The van der Waals surface area contributed by atoms with Crippen LogP contribution in [-0.2, 0) is 28.9 Å². The minimum absolute atomic E-state index is 0.0134. The van der Waals surface area contributed by atoms with Crippen LogP contribution in [0.15, 0.2) is 52.2 Å². The number of anilines is 1. The van der Waals surface area contributed by atoms with E-state index < -0.39 is 15.9 Å². The number of rotatable bonds is 4. The Labute approximate surface area is 178 Å². The number of hydrogen-bond donors (Lipinski definition) is 2. The van der Waals surface area contributed by atoms with E-state index in [4.69, 9.17) is 0 Å². The summed E-state index contributed by atoms with van der Waals surface area (Å²) < 4.78 is 29.5. The third kappa shape index (κ3) is 3.73. The van der Waals surface area contributed by atoms with E-state index in [2.05, 4.69) is 10.6 Å². The quantitative estimate of drug-likeness (QED) is 0.599. The minimum Gasteiger partial charge on any atom is -0.354 e. The second-order valence-corrected chi connectivity index (χ2v) is 9.21. The average molecular weight is 443 g/mol. The normalized spacial score (nSPS) is 15.1. The van der Waals surface area contributed by atoms with Crippen LogP contribution in [0.25, 0.3) is 11.0 Å². The standard InChI is InChI=1S/C20H21N5O5S/c1-23-16-8-5-14(11-17(16)24(2)20(23)28)22-19(27)13-3-6-15(7-4-13)31(29,30)25-10-9-21-18(26)12-25/h3-8,11H,9-10,12H2,1-2H3,(H,21,26)(H,22,27). The molecule has 0 spiro atoms. The van der Waals surface area contributed by atoms with Crippen LogP contribution in [0.1, 0.15) is 10.4 Å². The van der Waals surface area contributed by atoms with Crippen molar-refractivity contribution in [2.75, 3.05) is 25.0 Å². The first kappa shape index (κ1) is 20.8. The van der Waals surface area contributed by atoms with Gasteiger partial charge in [-0.1, -0.05) is 0 Å². The van der Waals surface area contributed by atoms with E-state index >= 15 is 0 Å². The van der Waals surface area contributed by atoms with Gasteiger partial charge in [-0.2, -0.15) is 4.31 Å². The SMILES string of the molecule is Cn1c(=O)n(C)c2cc(NC(=O)c3ccc(S(=O)(=O)N4CCNC(=O)C4)cc3)ccc21. The first-order valence-corrected chi connectivity index (χ1v) is 11.0. The van der Waals surface area contributed by atoms with Gasteiger partial charge in [-0.25, -0.2) is 13.2 Å². The lowest BCUT2D eigenvalue weighted by Crippen LogP contribution is -2.49. The summed E-state index contributed by atoms with van der Waals surface area (Å²) in [6.07, 6.45) is 0. The summed E-state index contributed by atoms with van der Waals surface area (Å²) in [4.78, 5) is 36.2. The molecule has 4 rings (SSSR count). The maximum absolute atomic E-state index is 12.7. The molecular weight excluding hydrogens is 422 g/mol. The highest BCUT2D eigenvalue weighted by molar-refractivity contribution is 7.89. The van der Waals surface area contributed by atoms with Crippen LogP contribution in [0.4, 0.5) is 5.69 Å².